The fourth-order valence-electron chi connectivity index (χ4n) is 3.09. The average molecular weight is 524 g/mol. The first-order valence-corrected chi connectivity index (χ1v) is 13.0. The molecule has 0 saturated heterocycles. The van der Waals surface area contributed by atoms with Gasteiger partial charge in [0, 0.05) is 17.6 Å². The quantitative estimate of drug-likeness (QED) is 0.516. The molecule has 0 bridgehead atoms. The van der Waals surface area contributed by atoms with Crippen LogP contribution in [0.2, 0.25) is 0 Å². The number of hydrogen-bond acceptors (Lipinski definition) is 4. The Hall–Kier alpha value is -2.39. The number of halogens is 1. The number of sulfonamides is 1. The number of rotatable bonds is 10. The number of nitrogens with one attached hydrogen (secondary N) is 1. The predicted octanol–water partition coefficient (Wildman–Crippen LogP) is 3.47. The molecule has 7 nitrogen and oxygen atoms in total. The lowest BCUT2D eigenvalue weighted by Crippen LogP contribution is -2.51. The van der Waals surface area contributed by atoms with Gasteiger partial charge in [-0.15, -0.1) is 0 Å². The summed E-state index contributed by atoms with van der Waals surface area (Å²) in [4.78, 5) is 27.4. The molecule has 0 unspecified atom stereocenters. The number of hydrogen-bond donors (Lipinski definition) is 1. The number of aryl methyl sites for hydroxylation is 1. The van der Waals surface area contributed by atoms with Gasteiger partial charge in [0.05, 0.1) is 11.9 Å². The maximum atomic E-state index is 13.4. The zero-order chi connectivity index (χ0) is 23.9. The molecule has 0 heterocycles. The van der Waals surface area contributed by atoms with Crippen LogP contribution in [0.25, 0.3) is 0 Å². The van der Waals surface area contributed by atoms with Crippen LogP contribution in [0.3, 0.4) is 0 Å². The lowest BCUT2D eigenvalue weighted by molar-refractivity contribution is -0.139. The van der Waals surface area contributed by atoms with E-state index in [4.69, 9.17) is 0 Å². The first-order valence-electron chi connectivity index (χ1n) is 10.4. The first-order chi connectivity index (χ1) is 15.0. The highest BCUT2D eigenvalue weighted by molar-refractivity contribution is 9.10. The lowest BCUT2D eigenvalue weighted by Gasteiger charge is -2.31. The molecular weight excluding hydrogens is 494 g/mol. The van der Waals surface area contributed by atoms with Crippen LogP contribution in [0.4, 0.5) is 5.69 Å². The first kappa shape index (κ1) is 25.9. The Balaban J connectivity index is 2.34. The molecule has 0 fully saturated rings. The predicted molar refractivity (Wildman–Crippen MR) is 131 cm³/mol. The zero-order valence-corrected chi connectivity index (χ0v) is 21.2. The molecule has 1 atom stereocenters. The summed E-state index contributed by atoms with van der Waals surface area (Å²) in [5.74, 6) is -0.739. The van der Waals surface area contributed by atoms with Gasteiger partial charge in [0.15, 0.2) is 0 Å². The summed E-state index contributed by atoms with van der Waals surface area (Å²) in [6.07, 6.45) is 1.84. The van der Waals surface area contributed by atoms with E-state index in [1.165, 1.54) is 4.90 Å². The van der Waals surface area contributed by atoms with Crippen LogP contribution >= 0.6 is 15.9 Å². The van der Waals surface area contributed by atoms with Gasteiger partial charge in [0.25, 0.3) is 0 Å². The average Bonchev–Trinajstić information content (AvgIpc) is 2.74. The van der Waals surface area contributed by atoms with Gasteiger partial charge in [-0.05, 0) is 50.1 Å². The molecule has 2 amide bonds. The minimum atomic E-state index is -3.72. The fourth-order valence-corrected chi connectivity index (χ4v) is 4.20. The standard InChI is InChI=1S/C23H30BrN3O4S/c1-5-14-25-23(29)18(3)26(15-19-8-10-20(24)11-9-19)22(28)16-27(32(4,30)31)21-12-6-17(2)7-13-21/h6-13,18H,5,14-16H2,1-4H3,(H,25,29)/t18-/m1/s1. The van der Waals surface area contributed by atoms with Crippen LogP contribution in [0.15, 0.2) is 53.0 Å². The van der Waals surface area contributed by atoms with Gasteiger partial charge >= 0.3 is 0 Å². The molecule has 0 aromatic heterocycles. The molecule has 2 aromatic carbocycles. The van der Waals surface area contributed by atoms with Crippen LogP contribution in [0, 0.1) is 6.92 Å². The number of benzene rings is 2. The summed E-state index contributed by atoms with van der Waals surface area (Å²) in [6.45, 7) is 5.78. The molecule has 0 saturated carbocycles. The Kier molecular flexibility index (Phi) is 9.27. The third-order valence-electron chi connectivity index (χ3n) is 4.98. The summed E-state index contributed by atoms with van der Waals surface area (Å²) in [6, 6.07) is 13.6. The number of amides is 2. The van der Waals surface area contributed by atoms with E-state index < -0.39 is 28.5 Å². The highest BCUT2D eigenvalue weighted by Crippen LogP contribution is 2.20. The summed E-state index contributed by atoms with van der Waals surface area (Å²) < 4.78 is 26.9. The molecule has 0 aliphatic rings. The van der Waals surface area contributed by atoms with Crippen LogP contribution in [0.1, 0.15) is 31.4 Å². The van der Waals surface area contributed by atoms with Crippen molar-refractivity contribution in [2.75, 3.05) is 23.7 Å². The summed E-state index contributed by atoms with van der Waals surface area (Å²) in [5, 5.41) is 2.81. The lowest BCUT2D eigenvalue weighted by atomic mass is 10.1. The van der Waals surface area contributed by atoms with Gasteiger partial charge in [-0.25, -0.2) is 8.42 Å². The van der Waals surface area contributed by atoms with E-state index in [1.807, 2.05) is 38.1 Å². The van der Waals surface area contributed by atoms with Gasteiger partial charge in [-0.2, -0.15) is 0 Å². The van der Waals surface area contributed by atoms with E-state index in [2.05, 4.69) is 21.2 Å². The molecule has 0 aliphatic carbocycles. The normalized spacial score (nSPS) is 12.2. The van der Waals surface area contributed by atoms with E-state index in [1.54, 1.807) is 31.2 Å². The Morgan fingerprint density at radius 3 is 2.19 bits per heavy atom. The number of carbonyl (C=O) groups excluding carboxylic acids is 2. The van der Waals surface area contributed by atoms with Crippen LogP contribution < -0.4 is 9.62 Å². The third-order valence-corrected chi connectivity index (χ3v) is 6.65. The molecule has 0 aliphatic heterocycles. The number of nitrogens with zero attached hydrogens (tertiary/aromatic N) is 2. The smallest absolute Gasteiger partial charge is 0.244 e. The van der Waals surface area contributed by atoms with Gasteiger partial charge in [0.1, 0.15) is 12.6 Å². The topological polar surface area (TPSA) is 86.8 Å². The molecule has 2 aromatic rings. The molecule has 1 N–H and O–H groups in total. The second kappa shape index (κ2) is 11.5. The van der Waals surface area contributed by atoms with Crippen molar-refractivity contribution in [1.82, 2.24) is 10.2 Å². The van der Waals surface area contributed by atoms with Crippen molar-refractivity contribution in [3.05, 3.63) is 64.1 Å². The van der Waals surface area contributed by atoms with Crippen LogP contribution in [-0.4, -0.2) is 50.5 Å². The largest absolute Gasteiger partial charge is 0.354 e. The van der Waals surface area contributed by atoms with E-state index in [0.717, 1.165) is 32.6 Å². The maximum absolute atomic E-state index is 13.4. The van der Waals surface area contributed by atoms with Gasteiger partial charge < -0.3 is 10.2 Å². The van der Waals surface area contributed by atoms with Gasteiger partial charge in [-0.3, -0.25) is 13.9 Å². The van der Waals surface area contributed by atoms with Gasteiger partial charge in [-0.1, -0.05) is 52.7 Å². The summed E-state index contributed by atoms with van der Waals surface area (Å²) >= 11 is 3.39. The Morgan fingerprint density at radius 2 is 1.66 bits per heavy atom. The van der Waals surface area contributed by atoms with E-state index >= 15 is 0 Å². The van der Waals surface area contributed by atoms with Crippen LogP contribution in [0.5, 0.6) is 0 Å². The van der Waals surface area contributed by atoms with Crippen molar-refractivity contribution in [2.24, 2.45) is 0 Å². The second-order valence-electron chi connectivity index (χ2n) is 7.72. The molecule has 9 heteroatoms. The minimum absolute atomic E-state index is 0.179. The summed E-state index contributed by atoms with van der Waals surface area (Å²) in [7, 11) is -3.72. The SMILES string of the molecule is CCCNC(=O)[C@@H](C)N(Cc1ccc(Br)cc1)C(=O)CN(c1ccc(C)cc1)S(C)(=O)=O. The van der Waals surface area contributed by atoms with E-state index in [9.17, 15) is 18.0 Å². The Bertz CT molecular complexity index is 1020. The third kappa shape index (κ3) is 7.34. The minimum Gasteiger partial charge on any atom is -0.354 e. The van der Waals surface area contributed by atoms with Crippen molar-refractivity contribution in [3.8, 4) is 0 Å². The molecule has 2 rings (SSSR count). The van der Waals surface area contributed by atoms with Crippen molar-refractivity contribution < 1.29 is 18.0 Å². The van der Waals surface area contributed by atoms with Crippen molar-refractivity contribution in [1.29, 1.82) is 0 Å². The molecular formula is C23H30BrN3O4S. The highest BCUT2D eigenvalue weighted by Gasteiger charge is 2.29. The fraction of sp³-hybridized carbons (Fsp3) is 0.391. The number of carbonyl (C=O) groups is 2. The number of anilines is 1. The zero-order valence-electron chi connectivity index (χ0n) is 18.8. The van der Waals surface area contributed by atoms with Gasteiger partial charge in [0.2, 0.25) is 21.8 Å². The summed E-state index contributed by atoms with van der Waals surface area (Å²) in [5.41, 5.74) is 2.21. The van der Waals surface area contributed by atoms with Crippen LogP contribution in [-0.2, 0) is 26.2 Å². The van der Waals surface area contributed by atoms with Crippen molar-refractivity contribution in [3.63, 3.8) is 0 Å². The monoisotopic (exact) mass is 523 g/mol. The molecule has 174 valence electrons. The molecule has 0 radical (unpaired) electrons. The van der Waals surface area contributed by atoms with Crippen molar-refractivity contribution >= 4 is 43.5 Å². The van der Waals surface area contributed by atoms with E-state index in [0.29, 0.717) is 12.2 Å². The highest BCUT2D eigenvalue weighted by atomic mass is 79.9. The Morgan fingerprint density at radius 1 is 1.06 bits per heavy atom. The Labute approximate surface area is 199 Å². The van der Waals surface area contributed by atoms with E-state index in [-0.39, 0.29) is 12.5 Å². The molecule has 32 heavy (non-hydrogen) atoms. The maximum Gasteiger partial charge on any atom is 0.244 e. The van der Waals surface area contributed by atoms with Crippen molar-refractivity contribution in [2.45, 2.75) is 39.8 Å². The molecule has 0 spiro atoms. The second-order valence-corrected chi connectivity index (χ2v) is 10.5.